The predicted octanol–water partition coefficient (Wildman–Crippen LogP) is 4.81. The number of para-hydroxylation sites is 1. The molecule has 32 heavy (non-hydrogen) atoms. The lowest BCUT2D eigenvalue weighted by Gasteiger charge is -2.07. The zero-order chi connectivity index (χ0) is 22.1. The summed E-state index contributed by atoms with van der Waals surface area (Å²) in [5.41, 5.74) is 3.43. The van der Waals surface area contributed by atoms with Crippen molar-refractivity contribution in [2.45, 2.75) is 41.4 Å². The normalized spacial score (nSPS) is 11.6. The van der Waals surface area contributed by atoms with E-state index >= 15 is 0 Å². The average Bonchev–Trinajstić information content (AvgIpc) is 3.38. The van der Waals surface area contributed by atoms with Gasteiger partial charge in [0.15, 0.2) is 9.50 Å². The third-order valence-corrected chi connectivity index (χ3v) is 8.11. The molecule has 0 bridgehead atoms. The summed E-state index contributed by atoms with van der Waals surface area (Å²) in [5, 5.41) is 9.63. The summed E-state index contributed by atoms with van der Waals surface area (Å²) in [5.74, 6) is 2.18. The Hall–Kier alpha value is -2.69. The molecule has 0 saturated heterocycles. The molecule has 162 valence electrons. The Labute approximate surface area is 196 Å². The van der Waals surface area contributed by atoms with Crippen LogP contribution in [-0.4, -0.2) is 29.1 Å². The van der Waals surface area contributed by atoms with Crippen LogP contribution in [0, 0.1) is 6.92 Å². The number of nitrogens with zero attached hydrogens (tertiary/aromatic N) is 6. The monoisotopic (exact) mass is 480 g/mol. The number of aryl methyl sites for hydroxylation is 1. The maximum atomic E-state index is 12.4. The van der Waals surface area contributed by atoms with Crippen molar-refractivity contribution < 1.29 is 0 Å². The van der Waals surface area contributed by atoms with E-state index in [0.29, 0.717) is 17.2 Å². The lowest BCUT2D eigenvalue weighted by molar-refractivity contribution is 0.659. The van der Waals surface area contributed by atoms with Crippen LogP contribution in [0.1, 0.15) is 24.0 Å². The maximum Gasteiger partial charge on any atom is 0.258 e. The van der Waals surface area contributed by atoms with Gasteiger partial charge in [-0.3, -0.25) is 9.20 Å². The molecule has 0 aliphatic heterocycles. The van der Waals surface area contributed by atoms with Gasteiger partial charge in [-0.2, -0.15) is 0 Å². The van der Waals surface area contributed by atoms with E-state index in [1.165, 1.54) is 4.70 Å². The molecular weight excluding hydrogens is 460 g/mol. The number of rotatable bonds is 7. The van der Waals surface area contributed by atoms with Gasteiger partial charge in [0.1, 0.15) is 11.5 Å². The summed E-state index contributed by atoms with van der Waals surface area (Å²) in [4.78, 5) is 21.7. The Bertz CT molecular complexity index is 1440. The fourth-order valence-corrected chi connectivity index (χ4v) is 6.28. The van der Waals surface area contributed by atoms with E-state index in [4.69, 9.17) is 0 Å². The molecule has 4 heterocycles. The van der Waals surface area contributed by atoms with Gasteiger partial charge in [-0.1, -0.05) is 35.7 Å². The molecule has 0 unspecified atom stereocenters. The SMILES string of the molecule is CCn1c(CSc2nc3ccccc3s2)nnc1SCc1cc(=O)n2ccc(C)cc2n1. The van der Waals surface area contributed by atoms with E-state index in [9.17, 15) is 4.79 Å². The van der Waals surface area contributed by atoms with Crippen LogP contribution < -0.4 is 5.56 Å². The van der Waals surface area contributed by atoms with Crippen molar-refractivity contribution in [2.75, 3.05) is 0 Å². The third-order valence-electron chi connectivity index (χ3n) is 4.93. The molecule has 0 fully saturated rings. The Balaban J connectivity index is 1.31. The first-order chi connectivity index (χ1) is 15.6. The Morgan fingerprint density at radius 3 is 2.75 bits per heavy atom. The highest BCUT2D eigenvalue weighted by atomic mass is 32.2. The molecule has 10 heteroatoms. The standard InChI is InChI=1S/C22H20N6OS3/c1-3-27-19(13-31-22-24-16-6-4-5-7-17(16)32-22)25-26-21(27)30-12-15-11-20(29)28-9-8-14(2)10-18(28)23-15/h4-11H,3,12-13H2,1-2H3. The predicted molar refractivity (Wildman–Crippen MR) is 131 cm³/mol. The number of hydrogen-bond acceptors (Lipinski definition) is 8. The van der Waals surface area contributed by atoms with Crippen LogP contribution >= 0.6 is 34.9 Å². The highest BCUT2D eigenvalue weighted by Crippen LogP contribution is 2.32. The largest absolute Gasteiger partial charge is 0.306 e. The summed E-state index contributed by atoms with van der Waals surface area (Å²) in [6.45, 7) is 4.85. The van der Waals surface area contributed by atoms with Crippen LogP contribution in [0.5, 0.6) is 0 Å². The number of fused-ring (bicyclic) bond motifs is 2. The summed E-state index contributed by atoms with van der Waals surface area (Å²) in [7, 11) is 0. The van der Waals surface area contributed by atoms with Crippen LogP contribution in [0.2, 0.25) is 0 Å². The molecule has 0 atom stereocenters. The van der Waals surface area contributed by atoms with Crippen molar-refractivity contribution in [1.29, 1.82) is 0 Å². The highest BCUT2D eigenvalue weighted by Gasteiger charge is 2.14. The minimum atomic E-state index is -0.0736. The fourth-order valence-electron chi connectivity index (χ4n) is 3.36. The molecule has 0 spiro atoms. The summed E-state index contributed by atoms with van der Waals surface area (Å²) >= 11 is 4.93. The average molecular weight is 481 g/mol. The molecule has 5 rings (SSSR count). The molecule has 7 nitrogen and oxygen atoms in total. The second kappa shape index (κ2) is 9.05. The van der Waals surface area contributed by atoms with Gasteiger partial charge in [-0.05, 0) is 43.7 Å². The van der Waals surface area contributed by atoms with Gasteiger partial charge < -0.3 is 4.57 Å². The van der Waals surface area contributed by atoms with E-state index in [1.807, 2.05) is 37.3 Å². The molecule has 4 aromatic heterocycles. The Morgan fingerprint density at radius 1 is 1.03 bits per heavy atom. The molecule has 0 N–H and O–H groups in total. The van der Waals surface area contributed by atoms with Gasteiger partial charge in [0.25, 0.3) is 5.56 Å². The number of pyridine rings is 1. The highest BCUT2D eigenvalue weighted by molar-refractivity contribution is 8.00. The third kappa shape index (κ3) is 4.30. The number of benzene rings is 1. The first kappa shape index (κ1) is 21.2. The lowest BCUT2D eigenvalue weighted by Crippen LogP contribution is -2.15. The summed E-state index contributed by atoms with van der Waals surface area (Å²) in [6.07, 6.45) is 1.76. The molecule has 0 radical (unpaired) electrons. The van der Waals surface area contributed by atoms with Crippen LogP contribution in [0.25, 0.3) is 15.9 Å². The Kier molecular flexibility index (Phi) is 5.99. The molecule has 1 aromatic carbocycles. The van der Waals surface area contributed by atoms with Crippen molar-refractivity contribution in [3.8, 4) is 0 Å². The number of thioether (sulfide) groups is 2. The van der Waals surface area contributed by atoms with Gasteiger partial charge in [-0.15, -0.1) is 21.5 Å². The van der Waals surface area contributed by atoms with E-state index in [-0.39, 0.29) is 5.56 Å². The minimum Gasteiger partial charge on any atom is -0.306 e. The zero-order valence-corrected chi connectivity index (χ0v) is 20.0. The molecule has 0 saturated carbocycles. The first-order valence-corrected chi connectivity index (χ1v) is 12.9. The van der Waals surface area contributed by atoms with Crippen LogP contribution in [-0.2, 0) is 18.1 Å². The van der Waals surface area contributed by atoms with Crippen molar-refractivity contribution in [1.82, 2.24) is 29.1 Å². The van der Waals surface area contributed by atoms with Crippen LogP contribution in [0.3, 0.4) is 0 Å². The number of hydrogen-bond donors (Lipinski definition) is 0. The minimum absolute atomic E-state index is 0.0736. The van der Waals surface area contributed by atoms with Crippen LogP contribution in [0.4, 0.5) is 0 Å². The van der Waals surface area contributed by atoms with Crippen molar-refractivity contribution in [2.24, 2.45) is 0 Å². The van der Waals surface area contributed by atoms with Crippen LogP contribution in [0.15, 0.2) is 63.0 Å². The summed E-state index contributed by atoms with van der Waals surface area (Å²) < 4.78 is 5.90. The number of aromatic nitrogens is 6. The van der Waals surface area contributed by atoms with Gasteiger partial charge in [0.05, 0.1) is 21.7 Å². The van der Waals surface area contributed by atoms with E-state index in [2.05, 4.69) is 37.7 Å². The second-order valence-corrected chi connectivity index (χ2v) is 10.4. The van der Waals surface area contributed by atoms with E-state index < -0.39 is 0 Å². The van der Waals surface area contributed by atoms with E-state index in [1.54, 1.807) is 51.5 Å². The van der Waals surface area contributed by atoms with Crippen molar-refractivity contribution >= 4 is 50.7 Å². The molecule has 5 aromatic rings. The lowest BCUT2D eigenvalue weighted by atomic mass is 10.3. The molecule has 0 aliphatic carbocycles. The van der Waals surface area contributed by atoms with Crippen molar-refractivity contribution in [3.63, 3.8) is 0 Å². The van der Waals surface area contributed by atoms with Crippen molar-refractivity contribution in [3.05, 3.63) is 76.1 Å². The van der Waals surface area contributed by atoms with E-state index in [0.717, 1.165) is 38.6 Å². The van der Waals surface area contributed by atoms with Gasteiger partial charge in [0, 0.05) is 24.6 Å². The molecular formula is C22H20N6OS3. The maximum absolute atomic E-state index is 12.4. The molecule has 0 aliphatic rings. The smallest absolute Gasteiger partial charge is 0.258 e. The second-order valence-electron chi connectivity index (χ2n) is 7.19. The topological polar surface area (TPSA) is 78.0 Å². The van der Waals surface area contributed by atoms with Gasteiger partial charge in [-0.25, -0.2) is 9.97 Å². The first-order valence-electron chi connectivity index (χ1n) is 10.1. The zero-order valence-electron chi connectivity index (χ0n) is 17.6. The van der Waals surface area contributed by atoms with Gasteiger partial charge in [0.2, 0.25) is 0 Å². The molecule has 0 amide bonds. The number of thiazole rings is 1. The Morgan fingerprint density at radius 2 is 1.91 bits per heavy atom. The summed E-state index contributed by atoms with van der Waals surface area (Å²) in [6, 6.07) is 13.6. The quantitative estimate of drug-likeness (QED) is 0.309. The fraction of sp³-hybridized carbons (Fsp3) is 0.227. The van der Waals surface area contributed by atoms with Gasteiger partial charge >= 0.3 is 0 Å².